The van der Waals surface area contributed by atoms with Crippen molar-refractivity contribution in [3.05, 3.63) is 137 Å². The van der Waals surface area contributed by atoms with E-state index in [2.05, 4.69) is 143 Å². The van der Waals surface area contributed by atoms with Gasteiger partial charge in [0.1, 0.15) is 0 Å². The summed E-state index contributed by atoms with van der Waals surface area (Å²) >= 11 is 8.19. The van der Waals surface area contributed by atoms with Gasteiger partial charge in [0, 0.05) is 0 Å². The Morgan fingerprint density at radius 1 is 0.757 bits per heavy atom. The second-order valence-corrected chi connectivity index (χ2v) is 16.2. The summed E-state index contributed by atoms with van der Waals surface area (Å²) < 4.78 is 5.55. The quantitative estimate of drug-likeness (QED) is 0.166. The van der Waals surface area contributed by atoms with Crippen molar-refractivity contribution in [2.24, 2.45) is 0 Å². The van der Waals surface area contributed by atoms with E-state index >= 15 is 0 Å². The summed E-state index contributed by atoms with van der Waals surface area (Å²) in [5, 5.41) is 3.54. The van der Waals surface area contributed by atoms with Crippen molar-refractivity contribution in [3.8, 4) is 5.75 Å². The second kappa shape index (κ2) is 11.1. The van der Waals surface area contributed by atoms with Gasteiger partial charge in [0.15, 0.2) is 0 Å². The third-order valence-corrected chi connectivity index (χ3v) is 14.6. The fraction of sp³-hybridized carbons (Fsp3) is 0.176. The Hall–Kier alpha value is -3.12. The van der Waals surface area contributed by atoms with Crippen molar-refractivity contribution in [1.29, 1.82) is 0 Å². The molecule has 4 rings (SSSR count). The summed E-state index contributed by atoms with van der Waals surface area (Å²) in [5.74, 6) is -2.37. The number of benzene rings is 4. The molecule has 37 heavy (non-hydrogen) atoms. The van der Waals surface area contributed by atoms with Crippen LogP contribution in [0, 0.1) is 20.8 Å². The molecular weight excluding hydrogens is 491 g/mol. The summed E-state index contributed by atoms with van der Waals surface area (Å²) in [6.07, 6.45) is 7.47. The molecule has 4 aromatic carbocycles. The number of aryl methyl sites for hydroxylation is 1. The number of rotatable bonds is 8. The summed E-state index contributed by atoms with van der Waals surface area (Å²) in [7, 11) is 1.73. The van der Waals surface area contributed by atoms with Crippen molar-refractivity contribution < 1.29 is 4.74 Å². The minimum atomic E-state index is -3.31. The molecule has 0 aliphatic rings. The molecule has 0 aliphatic heterocycles. The molecule has 0 saturated carbocycles. The predicted octanol–water partition coefficient (Wildman–Crippen LogP) is 8.26. The van der Waals surface area contributed by atoms with Crippen LogP contribution in [0.3, 0.4) is 0 Å². The molecule has 0 spiro atoms. The van der Waals surface area contributed by atoms with Crippen molar-refractivity contribution in [3.63, 3.8) is 0 Å². The van der Waals surface area contributed by atoms with Crippen molar-refractivity contribution in [1.82, 2.24) is 0 Å². The van der Waals surface area contributed by atoms with Crippen LogP contribution in [0.4, 0.5) is 0 Å². The average molecular weight is 527 g/mol. The number of ether oxygens (including phenoxy) is 1. The van der Waals surface area contributed by atoms with E-state index in [1.165, 1.54) is 43.7 Å². The fourth-order valence-corrected chi connectivity index (χ4v) is 10.9. The van der Waals surface area contributed by atoms with Crippen LogP contribution in [0.1, 0.15) is 29.2 Å². The maximum atomic E-state index is 8.19. The summed E-state index contributed by atoms with van der Waals surface area (Å²) in [5.41, 5.74) is 6.06. The second-order valence-electron chi connectivity index (χ2n) is 9.71. The van der Waals surface area contributed by atoms with Crippen LogP contribution in [0.25, 0.3) is 6.08 Å². The Bertz CT molecular complexity index is 1320. The van der Waals surface area contributed by atoms with Crippen molar-refractivity contribution in [2.75, 3.05) is 13.3 Å². The number of halogens is 1. The molecule has 190 valence electrons. The minimum absolute atomic E-state index is 0.723. The predicted molar refractivity (Wildman–Crippen MR) is 166 cm³/mol. The van der Waals surface area contributed by atoms with E-state index in [1.54, 1.807) is 7.11 Å². The molecule has 0 bridgehead atoms. The van der Waals surface area contributed by atoms with Gasteiger partial charge in [-0.3, -0.25) is 0 Å². The van der Waals surface area contributed by atoms with Crippen LogP contribution in [0.5, 0.6) is 5.75 Å². The summed E-state index contributed by atoms with van der Waals surface area (Å²) in [6, 6.07) is 34.0. The van der Waals surface area contributed by atoms with Gasteiger partial charge in [-0.15, -0.1) is 0 Å². The Labute approximate surface area is 227 Å². The molecule has 1 nitrogen and oxygen atoms in total. The van der Waals surface area contributed by atoms with Crippen LogP contribution in [-0.2, 0) is 0 Å². The Morgan fingerprint density at radius 3 is 1.65 bits per heavy atom. The maximum absolute atomic E-state index is 8.19. The van der Waals surface area contributed by atoms with Crippen LogP contribution in [-0.4, -0.2) is 13.3 Å². The first-order valence-corrected chi connectivity index (χ1v) is 16.0. The van der Waals surface area contributed by atoms with Crippen molar-refractivity contribution in [2.45, 2.75) is 27.7 Å². The van der Waals surface area contributed by atoms with Gasteiger partial charge in [-0.05, 0) is 0 Å². The van der Waals surface area contributed by atoms with Crippen LogP contribution in [0.15, 0.2) is 115 Å². The third kappa shape index (κ3) is 5.04. The Kier molecular flexibility index (Phi) is 8.08. The molecule has 0 saturated heterocycles. The van der Waals surface area contributed by atoms with Crippen LogP contribution in [0.2, 0.25) is 0 Å². The van der Waals surface area contributed by atoms with E-state index in [0.717, 1.165) is 11.9 Å². The first-order valence-electron chi connectivity index (χ1n) is 12.7. The molecule has 0 aliphatic carbocycles. The molecule has 0 N–H and O–H groups in total. The molecule has 3 heteroatoms. The molecule has 0 atom stereocenters. The molecule has 0 unspecified atom stereocenters. The first kappa shape index (κ1) is 26.9. The van der Waals surface area contributed by atoms with Crippen LogP contribution < -0.4 is 20.7 Å². The van der Waals surface area contributed by atoms with E-state index < -0.39 is 5.96 Å². The number of methoxy groups -OCH3 is 1. The molecular formula is C34H36ClOP. The number of allylic oxidation sites excluding steroid dienone is 3. The van der Waals surface area contributed by atoms with Gasteiger partial charge in [-0.2, -0.15) is 0 Å². The van der Waals surface area contributed by atoms with Gasteiger partial charge >= 0.3 is 228 Å². The topological polar surface area (TPSA) is 9.23 Å². The van der Waals surface area contributed by atoms with Gasteiger partial charge in [-0.25, -0.2) is 0 Å². The first-order chi connectivity index (χ1) is 17.8. The zero-order chi connectivity index (χ0) is 26.5. The molecule has 0 heterocycles. The van der Waals surface area contributed by atoms with Gasteiger partial charge < -0.3 is 0 Å². The van der Waals surface area contributed by atoms with E-state index in [4.69, 9.17) is 16.0 Å². The number of hydrogen-bond acceptors (Lipinski definition) is 1. The monoisotopic (exact) mass is 526 g/mol. The van der Waals surface area contributed by atoms with Crippen LogP contribution >= 0.6 is 17.2 Å². The SMILES string of the molecule is COc1cc(C)c(C=CC(C)=CCP(Cl)(c2ccccc2)(c2ccccc2)c2ccccc2)c(C)c1C. The zero-order valence-electron chi connectivity index (χ0n) is 22.4. The van der Waals surface area contributed by atoms with E-state index in [-0.39, 0.29) is 0 Å². The van der Waals surface area contributed by atoms with E-state index in [0.29, 0.717) is 0 Å². The zero-order valence-corrected chi connectivity index (χ0v) is 24.1. The fourth-order valence-electron chi connectivity index (χ4n) is 5.11. The average Bonchev–Trinajstić information content (AvgIpc) is 2.95. The van der Waals surface area contributed by atoms with Gasteiger partial charge in [0.25, 0.3) is 0 Å². The molecule has 0 amide bonds. The molecule has 0 aromatic heterocycles. The van der Waals surface area contributed by atoms with Gasteiger partial charge in [0.2, 0.25) is 0 Å². The van der Waals surface area contributed by atoms with E-state index in [9.17, 15) is 0 Å². The summed E-state index contributed by atoms with van der Waals surface area (Å²) in [4.78, 5) is 0. The number of hydrogen-bond donors (Lipinski definition) is 0. The third-order valence-electron chi connectivity index (χ3n) is 7.48. The molecule has 0 radical (unpaired) electrons. The molecule has 4 aromatic rings. The molecule has 0 fully saturated rings. The van der Waals surface area contributed by atoms with Gasteiger partial charge in [-0.1, -0.05) is 0 Å². The Morgan fingerprint density at radius 2 is 1.22 bits per heavy atom. The van der Waals surface area contributed by atoms with Crippen molar-refractivity contribution >= 4 is 39.2 Å². The Balaban J connectivity index is 1.84. The van der Waals surface area contributed by atoms with Gasteiger partial charge in [0.05, 0.1) is 0 Å². The standard InChI is InChI=1S/C34H36ClOP/c1-26(21-22-33-27(2)25-34(36-5)29(4)28(33)3)23-24-37(35,30-15-9-6-10-16-30,31-17-11-7-12-18-31)32-19-13-8-14-20-32/h6-23,25H,24H2,1-5H3. The normalized spacial score (nSPS) is 13.4. The summed E-state index contributed by atoms with van der Waals surface area (Å²) in [6.45, 7) is 8.58. The van der Waals surface area contributed by atoms with E-state index in [1.807, 2.05) is 0 Å².